The summed E-state index contributed by atoms with van der Waals surface area (Å²) in [6, 6.07) is 8.74. The number of para-hydroxylation sites is 1. The number of nitrogens with zero attached hydrogens (tertiary/aromatic N) is 3. The molecule has 2 bridgehead atoms. The molecule has 6 aliphatic rings. The SMILES string of the molecule is NC(=O)[C@]12[C@@H]3[C@@H]4[C@@H]5[C@@H]4[C@H]1n1c(=O)n(-c4ccccc4)c(=O)n1[C@H]5[C@@H]32. The number of benzene rings is 1. The van der Waals surface area contributed by atoms with Gasteiger partial charge in [-0.05, 0) is 35.8 Å². The van der Waals surface area contributed by atoms with Gasteiger partial charge in [-0.3, -0.25) is 4.79 Å². The summed E-state index contributed by atoms with van der Waals surface area (Å²) in [6.07, 6.45) is 0. The van der Waals surface area contributed by atoms with Crippen molar-refractivity contribution < 1.29 is 4.79 Å². The summed E-state index contributed by atoms with van der Waals surface area (Å²) >= 11 is 0. The molecule has 4 saturated carbocycles. The summed E-state index contributed by atoms with van der Waals surface area (Å²) in [5.41, 5.74) is 5.17. The molecule has 0 spiro atoms. The van der Waals surface area contributed by atoms with Crippen molar-refractivity contribution in [1.82, 2.24) is 13.9 Å². The topological polar surface area (TPSA) is 92.0 Å². The van der Waals surface area contributed by atoms with Crippen molar-refractivity contribution in [1.29, 1.82) is 0 Å². The smallest absolute Gasteiger partial charge is 0.352 e. The van der Waals surface area contributed by atoms with Crippen LogP contribution in [0.4, 0.5) is 0 Å². The van der Waals surface area contributed by atoms with E-state index in [4.69, 9.17) is 5.73 Å². The highest BCUT2D eigenvalue weighted by atomic mass is 16.2. The van der Waals surface area contributed by atoms with E-state index in [9.17, 15) is 14.4 Å². The molecule has 2 aromatic rings. The van der Waals surface area contributed by atoms with E-state index < -0.39 is 5.41 Å². The van der Waals surface area contributed by atoms with Gasteiger partial charge in [0.05, 0.1) is 23.2 Å². The Morgan fingerprint density at radius 1 is 0.958 bits per heavy atom. The van der Waals surface area contributed by atoms with Crippen molar-refractivity contribution in [2.45, 2.75) is 12.1 Å². The Labute approximate surface area is 135 Å². The Balaban J connectivity index is 1.56. The molecule has 8 atom stereocenters. The largest absolute Gasteiger partial charge is 0.369 e. The van der Waals surface area contributed by atoms with Crippen LogP contribution in [0.15, 0.2) is 39.9 Å². The van der Waals surface area contributed by atoms with Gasteiger partial charge in [-0.2, -0.15) is 0 Å². The first kappa shape index (κ1) is 11.9. The van der Waals surface area contributed by atoms with Crippen LogP contribution in [0.2, 0.25) is 0 Å². The zero-order valence-electron chi connectivity index (χ0n) is 12.6. The Kier molecular flexibility index (Phi) is 1.50. The van der Waals surface area contributed by atoms with Crippen LogP contribution in [0.1, 0.15) is 12.1 Å². The van der Waals surface area contributed by atoms with E-state index in [1.165, 1.54) is 4.57 Å². The standard InChI is InChI=1S/C17H14N4O3/c18-14(22)17-10-7-8-9(7)13(17)21-16(24)19(6-4-2-1-3-5-6)15(23)20(21)12(8)11(10)17/h1-5,7-13H,(H2,18,22)/t7-,8-,9-,10-,11-,12-,13-,17+/m1/s1. The van der Waals surface area contributed by atoms with E-state index in [2.05, 4.69) is 0 Å². The first-order chi connectivity index (χ1) is 11.6. The van der Waals surface area contributed by atoms with E-state index >= 15 is 0 Å². The van der Waals surface area contributed by atoms with Crippen LogP contribution in [-0.4, -0.2) is 19.8 Å². The third-order valence-electron chi connectivity index (χ3n) is 7.60. The molecule has 2 aliphatic heterocycles. The molecule has 3 heterocycles. The van der Waals surface area contributed by atoms with Gasteiger partial charge < -0.3 is 5.73 Å². The van der Waals surface area contributed by atoms with Gasteiger partial charge in [0, 0.05) is 5.92 Å². The second-order valence-electron chi connectivity index (χ2n) is 7.94. The van der Waals surface area contributed by atoms with Gasteiger partial charge in [0.15, 0.2) is 0 Å². The molecule has 4 aliphatic carbocycles. The molecular formula is C17H14N4O3. The van der Waals surface area contributed by atoms with Crippen molar-refractivity contribution in [2.75, 3.05) is 0 Å². The molecular weight excluding hydrogens is 308 g/mol. The predicted octanol–water partition coefficient (Wildman–Crippen LogP) is -0.496. The first-order valence-corrected chi connectivity index (χ1v) is 8.43. The average Bonchev–Trinajstić information content (AvgIpc) is 3.37. The fourth-order valence-corrected chi connectivity index (χ4v) is 7.16. The van der Waals surface area contributed by atoms with Gasteiger partial charge in [0.2, 0.25) is 5.91 Å². The van der Waals surface area contributed by atoms with Gasteiger partial charge in [0.1, 0.15) is 0 Å². The van der Waals surface area contributed by atoms with E-state index in [1.54, 1.807) is 33.6 Å². The van der Waals surface area contributed by atoms with Crippen LogP contribution in [0, 0.1) is 35.0 Å². The number of rotatable bonds is 2. The Morgan fingerprint density at radius 2 is 1.67 bits per heavy atom. The lowest BCUT2D eigenvalue weighted by Crippen LogP contribution is -2.52. The first-order valence-electron chi connectivity index (χ1n) is 8.43. The highest BCUT2D eigenvalue weighted by Crippen LogP contribution is 2.96. The predicted molar refractivity (Wildman–Crippen MR) is 81.4 cm³/mol. The lowest BCUT2D eigenvalue weighted by atomic mass is 9.78. The molecule has 8 rings (SSSR count). The number of aromatic nitrogens is 3. The highest BCUT2D eigenvalue weighted by Gasteiger charge is 2.99. The maximum atomic E-state index is 13.1. The molecule has 0 saturated heterocycles. The quantitative estimate of drug-likeness (QED) is 0.808. The number of carbonyl (C=O) groups is 1. The van der Waals surface area contributed by atoms with Crippen LogP contribution in [0.5, 0.6) is 0 Å². The average molecular weight is 322 g/mol. The van der Waals surface area contributed by atoms with Gasteiger partial charge in [0.25, 0.3) is 0 Å². The molecule has 0 unspecified atom stereocenters. The van der Waals surface area contributed by atoms with Gasteiger partial charge in [-0.25, -0.2) is 23.5 Å². The Bertz CT molecular complexity index is 1100. The second kappa shape index (κ2) is 3.03. The van der Waals surface area contributed by atoms with Crippen LogP contribution in [0.25, 0.3) is 5.69 Å². The fourth-order valence-electron chi connectivity index (χ4n) is 7.16. The summed E-state index contributed by atoms with van der Waals surface area (Å²) in [5.74, 6) is 1.52. The van der Waals surface area contributed by atoms with Crippen molar-refractivity contribution in [2.24, 2.45) is 40.7 Å². The number of carbonyl (C=O) groups excluding carboxylic acids is 1. The van der Waals surface area contributed by atoms with Crippen LogP contribution in [0.3, 0.4) is 0 Å². The van der Waals surface area contributed by atoms with E-state index in [0.29, 0.717) is 29.4 Å². The van der Waals surface area contributed by atoms with E-state index in [0.717, 1.165) is 0 Å². The molecule has 2 N–H and O–H groups in total. The minimum Gasteiger partial charge on any atom is -0.369 e. The number of primary amides is 1. The molecule has 1 aromatic carbocycles. The maximum Gasteiger partial charge on any atom is 0.352 e. The molecule has 24 heavy (non-hydrogen) atoms. The zero-order chi connectivity index (χ0) is 16.1. The molecule has 0 radical (unpaired) electrons. The summed E-state index contributed by atoms with van der Waals surface area (Å²) < 4.78 is 4.47. The third kappa shape index (κ3) is 0.825. The van der Waals surface area contributed by atoms with Crippen molar-refractivity contribution in [3.05, 3.63) is 51.3 Å². The molecule has 4 fully saturated rings. The normalized spacial score (nSPS) is 46.8. The molecule has 7 heteroatoms. The highest BCUT2D eigenvalue weighted by molar-refractivity contribution is 5.89. The minimum absolute atomic E-state index is 0.0207. The lowest BCUT2D eigenvalue weighted by molar-refractivity contribution is -0.129. The molecule has 7 nitrogen and oxygen atoms in total. The maximum absolute atomic E-state index is 13.1. The van der Waals surface area contributed by atoms with Crippen molar-refractivity contribution in [3.63, 3.8) is 0 Å². The number of hydrogen-bond donors (Lipinski definition) is 1. The molecule has 1 aromatic heterocycles. The molecule has 1 amide bonds. The fraction of sp³-hybridized carbons (Fsp3) is 0.471. The van der Waals surface area contributed by atoms with Gasteiger partial charge in [-0.1, -0.05) is 18.2 Å². The summed E-state index contributed by atoms with van der Waals surface area (Å²) in [4.78, 5) is 38.4. The third-order valence-corrected chi connectivity index (χ3v) is 7.60. The monoisotopic (exact) mass is 322 g/mol. The number of hydrogen-bond acceptors (Lipinski definition) is 3. The van der Waals surface area contributed by atoms with Crippen molar-refractivity contribution in [3.8, 4) is 5.69 Å². The number of nitrogens with two attached hydrogens (primary N) is 1. The summed E-state index contributed by atoms with van der Waals surface area (Å²) in [7, 11) is 0. The van der Waals surface area contributed by atoms with Crippen molar-refractivity contribution >= 4 is 5.91 Å². The second-order valence-corrected chi connectivity index (χ2v) is 7.94. The van der Waals surface area contributed by atoms with Gasteiger partial charge in [-0.15, -0.1) is 0 Å². The lowest BCUT2D eigenvalue weighted by Gasteiger charge is -2.41. The molecule has 120 valence electrons. The van der Waals surface area contributed by atoms with E-state index in [-0.39, 0.29) is 35.3 Å². The van der Waals surface area contributed by atoms with Crippen LogP contribution >= 0.6 is 0 Å². The van der Waals surface area contributed by atoms with E-state index in [1.807, 2.05) is 6.07 Å². The summed E-state index contributed by atoms with van der Waals surface area (Å²) in [5, 5.41) is 0. The Morgan fingerprint density at radius 3 is 2.38 bits per heavy atom. The summed E-state index contributed by atoms with van der Waals surface area (Å²) in [6.45, 7) is 0. The zero-order valence-corrected chi connectivity index (χ0v) is 12.6. The van der Waals surface area contributed by atoms with Gasteiger partial charge >= 0.3 is 11.4 Å². The van der Waals surface area contributed by atoms with Crippen LogP contribution in [-0.2, 0) is 4.79 Å². The van der Waals surface area contributed by atoms with Crippen LogP contribution < -0.4 is 17.1 Å². The minimum atomic E-state index is -0.562. The number of amides is 1. The Hall–Kier alpha value is -2.57.